The van der Waals surface area contributed by atoms with Crippen molar-refractivity contribution in [2.75, 3.05) is 12.4 Å². The van der Waals surface area contributed by atoms with Gasteiger partial charge >= 0.3 is 5.97 Å². The number of hydrogen-bond donors (Lipinski definition) is 1. The number of esters is 1. The predicted octanol–water partition coefficient (Wildman–Crippen LogP) is 2.65. The van der Waals surface area contributed by atoms with E-state index in [1.165, 1.54) is 22.7 Å². The molecule has 0 aliphatic rings. The number of halogens is 1. The van der Waals surface area contributed by atoms with Crippen molar-refractivity contribution < 1.29 is 19.1 Å². The van der Waals surface area contributed by atoms with E-state index in [1.54, 1.807) is 31.4 Å². The molecule has 0 fully saturated rings. The number of hydrogen-bond acceptors (Lipinski definition) is 6. The molecule has 1 N–H and O–H groups in total. The van der Waals surface area contributed by atoms with E-state index in [-0.39, 0.29) is 23.8 Å². The van der Waals surface area contributed by atoms with Crippen LogP contribution in [-0.2, 0) is 18.5 Å². The summed E-state index contributed by atoms with van der Waals surface area (Å²) in [7, 11) is 2.87. The van der Waals surface area contributed by atoms with E-state index < -0.39 is 11.9 Å². The minimum absolute atomic E-state index is 0.0132. The maximum Gasteiger partial charge on any atom is 0.360 e. The zero-order valence-electron chi connectivity index (χ0n) is 15.5. The van der Waals surface area contributed by atoms with Gasteiger partial charge in [0.05, 0.1) is 12.8 Å². The third-order valence-corrected chi connectivity index (χ3v) is 4.25. The monoisotopic (exact) mass is 403 g/mol. The number of methoxy groups -OCH3 is 1. The Labute approximate surface area is 165 Å². The van der Waals surface area contributed by atoms with Gasteiger partial charge in [-0.1, -0.05) is 11.6 Å². The first-order valence-corrected chi connectivity index (χ1v) is 8.61. The molecule has 28 heavy (non-hydrogen) atoms. The number of ether oxygens (including phenoxy) is 2. The van der Waals surface area contributed by atoms with Gasteiger partial charge in [0.1, 0.15) is 5.75 Å². The molecule has 0 unspecified atom stereocenters. The summed E-state index contributed by atoms with van der Waals surface area (Å²) in [6.45, 7) is 2.00. The van der Waals surface area contributed by atoms with E-state index in [0.29, 0.717) is 10.8 Å². The Hall–Kier alpha value is -3.33. The summed E-state index contributed by atoms with van der Waals surface area (Å²) in [5.41, 5.74) is 1.31. The van der Waals surface area contributed by atoms with E-state index in [2.05, 4.69) is 20.3 Å². The van der Waals surface area contributed by atoms with Gasteiger partial charge in [-0.2, -0.15) is 10.2 Å². The molecule has 0 radical (unpaired) electrons. The molecule has 0 saturated heterocycles. The first-order valence-electron chi connectivity index (χ1n) is 8.23. The lowest BCUT2D eigenvalue weighted by atomic mass is 10.2. The van der Waals surface area contributed by atoms with Crippen molar-refractivity contribution in [1.29, 1.82) is 0 Å². The number of benzene rings is 1. The summed E-state index contributed by atoms with van der Waals surface area (Å²) in [6, 6.07) is 6.86. The highest BCUT2D eigenvalue weighted by Crippen LogP contribution is 2.21. The van der Waals surface area contributed by atoms with Crippen LogP contribution in [0.4, 0.5) is 5.69 Å². The largest absolute Gasteiger partial charge is 0.471 e. The molecule has 3 rings (SSSR count). The normalized spacial score (nSPS) is 10.6. The predicted molar refractivity (Wildman–Crippen MR) is 102 cm³/mol. The zero-order chi connectivity index (χ0) is 20.3. The van der Waals surface area contributed by atoms with Gasteiger partial charge in [-0.05, 0) is 36.8 Å². The lowest BCUT2D eigenvalue weighted by Gasteiger charge is -2.07. The quantitative estimate of drug-likeness (QED) is 0.635. The number of rotatable bonds is 6. The number of anilines is 1. The maximum absolute atomic E-state index is 12.4. The van der Waals surface area contributed by atoms with Crippen molar-refractivity contribution in [1.82, 2.24) is 19.6 Å². The SMILES string of the molecule is COC(=O)c1nn(C)cc1NC(=O)c1ccn(COc2ccc(Cl)c(C)c2)n1. The lowest BCUT2D eigenvalue weighted by molar-refractivity contribution is 0.0594. The lowest BCUT2D eigenvalue weighted by Crippen LogP contribution is -2.16. The van der Waals surface area contributed by atoms with Crippen LogP contribution in [0.25, 0.3) is 0 Å². The van der Waals surface area contributed by atoms with Crippen molar-refractivity contribution in [3.8, 4) is 5.75 Å². The molecule has 2 aromatic heterocycles. The van der Waals surface area contributed by atoms with Crippen LogP contribution >= 0.6 is 11.6 Å². The minimum Gasteiger partial charge on any atom is -0.471 e. The Kier molecular flexibility index (Phi) is 5.65. The number of aryl methyl sites for hydroxylation is 2. The van der Waals surface area contributed by atoms with Crippen LogP contribution in [0, 0.1) is 6.92 Å². The number of carbonyl (C=O) groups excluding carboxylic acids is 2. The number of carbonyl (C=O) groups is 2. The Morgan fingerprint density at radius 3 is 2.75 bits per heavy atom. The van der Waals surface area contributed by atoms with Crippen molar-refractivity contribution >= 4 is 29.2 Å². The van der Waals surface area contributed by atoms with Gasteiger partial charge in [0.15, 0.2) is 18.1 Å². The van der Waals surface area contributed by atoms with Crippen LogP contribution in [0.15, 0.2) is 36.7 Å². The molecule has 10 heteroatoms. The minimum atomic E-state index is -0.645. The molecule has 0 atom stereocenters. The first kappa shape index (κ1) is 19.4. The molecule has 1 aromatic carbocycles. The molecular formula is C18H18ClN5O4. The molecular weight excluding hydrogens is 386 g/mol. The van der Waals surface area contributed by atoms with Crippen molar-refractivity contribution in [3.05, 3.63) is 58.6 Å². The van der Waals surface area contributed by atoms with Gasteiger partial charge in [-0.3, -0.25) is 9.48 Å². The van der Waals surface area contributed by atoms with Gasteiger partial charge in [-0.25, -0.2) is 9.48 Å². The average Bonchev–Trinajstić information content (AvgIpc) is 3.28. The molecule has 3 aromatic rings. The highest BCUT2D eigenvalue weighted by Gasteiger charge is 2.20. The number of nitrogens with one attached hydrogen (secondary N) is 1. The smallest absolute Gasteiger partial charge is 0.360 e. The second-order valence-corrected chi connectivity index (χ2v) is 6.34. The topological polar surface area (TPSA) is 100 Å². The van der Waals surface area contributed by atoms with Crippen LogP contribution in [0.2, 0.25) is 5.02 Å². The fourth-order valence-electron chi connectivity index (χ4n) is 2.42. The second kappa shape index (κ2) is 8.13. The Morgan fingerprint density at radius 2 is 2.04 bits per heavy atom. The van der Waals surface area contributed by atoms with Gasteiger partial charge in [0.2, 0.25) is 0 Å². The fraction of sp³-hybridized carbons (Fsp3) is 0.222. The number of nitrogens with zero attached hydrogens (tertiary/aromatic N) is 4. The van der Waals surface area contributed by atoms with Gasteiger partial charge in [0.25, 0.3) is 5.91 Å². The molecule has 0 bridgehead atoms. The molecule has 1 amide bonds. The summed E-state index contributed by atoms with van der Waals surface area (Å²) < 4.78 is 13.2. The molecule has 9 nitrogen and oxygen atoms in total. The van der Waals surface area contributed by atoms with Gasteiger partial charge in [0, 0.05) is 24.5 Å². The molecule has 0 spiro atoms. The molecule has 146 valence electrons. The second-order valence-electron chi connectivity index (χ2n) is 5.94. The van der Waals surface area contributed by atoms with E-state index >= 15 is 0 Å². The summed E-state index contributed by atoms with van der Waals surface area (Å²) in [6.07, 6.45) is 3.12. The Bertz CT molecular complexity index is 1030. The molecule has 0 aliphatic carbocycles. The summed E-state index contributed by atoms with van der Waals surface area (Å²) in [5, 5.41) is 11.4. The van der Waals surface area contributed by atoms with Crippen LogP contribution in [0.5, 0.6) is 5.75 Å². The van der Waals surface area contributed by atoms with Crippen LogP contribution < -0.4 is 10.1 Å². The van der Waals surface area contributed by atoms with Gasteiger partial charge in [-0.15, -0.1) is 0 Å². The maximum atomic E-state index is 12.4. The number of aromatic nitrogens is 4. The standard InChI is InChI=1S/C18H18ClN5O4/c1-11-8-12(4-5-13(11)19)28-10-24-7-6-14(21-24)17(25)20-15-9-23(2)22-16(15)18(26)27-3/h4-9H,10H2,1-3H3,(H,20,25). The highest BCUT2D eigenvalue weighted by molar-refractivity contribution is 6.31. The van der Waals surface area contributed by atoms with Crippen molar-refractivity contribution in [3.63, 3.8) is 0 Å². The van der Waals surface area contributed by atoms with Crippen molar-refractivity contribution in [2.24, 2.45) is 7.05 Å². The first-order chi connectivity index (χ1) is 13.4. The third kappa shape index (κ3) is 4.32. The highest BCUT2D eigenvalue weighted by atomic mass is 35.5. The summed E-state index contributed by atoms with van der Waals surface area (Å²) in [4.78, 5) is 24.2. The average molecular weight is 404 g/mol. The molecule has 0 saturated carbocycles. The van der Waals surface area contributed by atoms with Crippen LogP contribution in [-0.4, -0.2) is 38.5 Å². The van der Waals surface area contributed by atoms with E-state index in [9.17, 15) is 9.59 Å². The van der Waals surface area contributed by atoms with E-state index in [4.69, 9.17) is 16.3 Å². The van der Waals surface area contributed by atoms with E-state index in [1.807, 2.05) is 13.0 Å². The number of amides is 1. The van der Waals surface area contributed by atoms with Crippen molar-refractivity contribution in [2.45, 2.75) is 13.7 Å². The summed E-state index contributed by atoms with van der Waals surface area (Å²) >= 11 is 5.99. The third-order valence-electron chi connectivity index (χ3n) is 3.82. The Balaban J connectivity index is 1.66. The Morgan fingerprint density at radius 1 is 1.25 bits per heavy atom. The molecule has 0 aliphatic heterocycles. The summed E-state index contributed by atoms with van der Waals surface area (Å²) in [5.74, 6) is -0.492. The van der Waals surface area contributed by atoms with E-state index in [0.717, 1.165) is 5.56 Å². The van der Waals surface area contributed by atoms with Crippen LogP contribution in [0.1, 0.15) is 26.5 Å². The zero-order valence-corrected chi connectivity index (χ0v) is 16.2. The fourth-order valence-corrected chi connectivity index (χ4v) is 2.53. The molecule has 2 heterocycles. The van der Waals surface area contributed by atoms with Gasteiger partial charge < -0.3 is 14.8 Å². The van der Waals surface area contributed by atoms with Crippen LogP contribution in [0.3, 0.4) is 0 Å².